The van der Waals surface area contributed by atoms with Crippen LogP contribution >= 0.6 is 0 Å². The summed E-state index contributed by atoms with van der Waals surface area (Å²) in [6.07, 6.45) is -0.455. The molecule has 3 aromatic carbocycles. The Bertz CT molecular complexity index is 1210. The maximum Gasteiger partial charge on any atom is 0.407 e. The average Bonchev–Trinajstić information content (AvgIpc) is 3.15. The van der Waals surface area contributed by atoms with Crippen LogP contribution in [0.25, 0.3) is 11.1 Å². The molecule has 4 rings (SSSR count). The van der Waals surface area contributed by atoms with Crippen LogP contribution in [0.3, 0.4) is 0 Å². The van der Waals surface area contributed by atoms with Gasteiger partial charge in [0, 0.05) is 12.3 Å². The number of nitrogens with one attached hydrogen (secondary N) is 1. The topological polar surface area (TPSA) is 73.9 Å². The van der Waals surface area contributed by atoms with Gasteiger partial charge in [0.05, 0.1) is 7.11 Å². The molecule has 1 N–H and O–H groups in total. The first kappa shape index (κ1) is 25.3. The lowest BCUT2D eigenvalue weighted by molar-refractivity contribution is -0.157. The first-order valence-electron chi connectivity index (χ1n) is 12.1. The fraction of sp³-hybridized carbons (Fsp3) is 0.333. The van der Waals surface area contributed by atoms with Crippen LogP contribution in [0, 0.1) is 6.92 Å². The SMILES string of the molecule is COc1ccc(C)cc1C[C@H](NC(=O)OCC1c2ccccc2-c2ccccc21)C(=O)OC(C)(C)C. The lowest BCUT2D eigenvalue weighted by Gasteiger charge is -2.25. The molecule has 0 radical (unpaired) electrons. The van der Waals surface area contributed by atoms with E-state index < -0.39 is 23.7 Å². The molecular formula is C30H33NO5. The summed E-state index contributed by atoms with van der Waals surface area (Å²) in [6.45, 7) is 7.51. The zero-order chi connectivity index (χ0) is 25.9. The van der Waals surface area contributed by atoms with Crippen molar-refractivity contribution < 1.29 is 23.8 Å². The van der Waals surface area contributed by atoms with Gasteiger partial charge < -0.3 is 19.5 Å². The molecule has 0 saturated carbocycles. The van der Waals surface area contributed by atoms with Gasteiger partial charge in [-0.3, -0.25) is 0 Å². The minimum Gasteiger partial charge on any atom is -0.496 e. The summed E-state index contributed by atoms with van der Waals surface area (Å²) in [6, 6.07) is 21.1. The molecule has 1 amide bonds. The first-order chi connectivity index (χ1) is 17.2. The van der Waals surface area contributed by atoms with E-state index in [4.69, 9.17) is 14.2 Å². The van der Waals surface area contributed by atoms with Gasteiger partial charge >= 0.3 is 12.1 Å². The summed E-state index contributed by atoms with van der Waals surface area (Å²) < 4.78 is 16.7. The van der Waals surface area contributed by atoms with Crippen molar-refractivity contribution in [2.24, 2.45) is 0 Å². The molecule has 1 atom stereocenters. The van der Waals surface area contributed by atoms with Crippen molar-refractivity contribution in [2.75, 3.05) is 13.7 Å². The second-order valence-electron chi connectivity index (χ2n) is 10.1. The Morgan fingerprint density at radius 2 is 1.56 bits per heavy atom. The molecule has 0 heterocycles. The molecule has 0 fully saturated rings. The summed E-state index contributed by atoms with van der Waals surface area (Å²) in [7, 11) is 1.58. The molecule has 6 nitrogen and oxygen atoms in total. The van der Waals surface area contributed by atoms with Crippen molar-refractivity contribution in [2.45, 2.75) is 51.7 Å². The third kappa shape index (κ3) is 5.70. The van der Waals surface area contributed by atoms with E-state index in [0.717, 1.165) is 33.4 Å². The predicted molar refractivity (Wildman–Crippen MR) is 139 cm³/mol. The highest BCUT2D eigenvalue weighted by atomic mass is 16.6. The standard InChI is InChI=1S/C30H33NO5/c1-19-14-15-27(34-5)20(16-19)17-26(28(32)36-30(2,3)4)31-29(33)35-18-25-23-12-8-6-10-21(23)22-11-7-9-13-24(22)25/h6-16,25-26H,17-18H2,1-5H3,(H,31,33)/t26-/m0/s1. The fourth-order valence-electron chi connectivity index (χ4n) is 4.64. The van der Waals surface area contributed by atoms with Crippen molar-refractivity contribution >= 4 is 12.1 Å². The van der Waals surface area contributed by atoms with Gasteiger partial charge in [0.1, 0.15) is 24.0 Å². The van der Waals surface area contributed by atoms with E-state index in [9.17, 15) is 9.59 Å². The smallest absolute Gasteiger partial charge is 0.407 e. The lowest BCUT2D eigenvalue weighted by Crippen LogP contribution is -2.46. The summed E-state index contributed by atoms with van der Waals surface area (Å²) in [5, 5.41) is 2.74. The number of amides is 1. The van der Waals surface area contributed by atoms with Gasteiger partial charge in [-0.15, -0.1) is 0 Å². The molecule has 0 saturated heterocycles. The zero-order valence-corrected chi connectivity index (χ0v) is 21.5. The van der Waals surface area contributed by atoms with Gasteiger partial charge in [-0.25, -0.2) is 9.59 Å². The van der Waals surface area contributed by atoms with Gasteiger partial charge in [0.15, 0.2) is 0 Å². The average molecular weight is 488 g/mol. The molecule has 3 aromatic rings. The Balaban J connectivity index is 1.50. The van der Waals surface area contributed by atoms with Crippen LogP contribution in [-0.2, 0) is 20.7 Å². The molecule has 0 spiro atoms. The Morgan fingerprint density at radius 3 is 2.14 bits per heavy atom. The molecule has 1 aliphatic carbocycles. The van der Waals surface area contributed by atoms with Crippen LogP contribution in [0.5, 0.6) is 5.75 Å². The van der Waals surface area contributed by atoms with E-state index in [0.29, 0.717) is 5.75 Å². The number of carbonyl (C=O) groups excluding carboxylic acids is 2. The quantitative estimate of drug-likeness (QED) is 0.427. The number of fused-ring (bicyclic) bond motifs is 3. The second-order valence-corrected chi connectivity index (χ2v) is 10.1. The number of alkyl carbamates (subject to hydrolysis) is 1. The summed E-state index contributed by atoms with van der Waals surface area (Å²) in [5.41, 5.74) is 5.68. The van der Waals surface area contributed by atoms with Gasteiger partial charge in [0.25, 0.3) is 0 Å². The first-order valence-corrected chi connectivity index (χ1v) is 12.1. The van der Waals surface area contributed by atoms with Crippen LogP contribution in [0.15, 0.2) is 66.7 Å². The fourth-order valence-corrected chi connectivity index (χ4v) is 4.64. The van der Waals surface area contributed by atoms with Crippen LogP contribution in [-0.4, -0.2) is 37.4 Å². The summed E-state index contributed by atoms with van der Waals surface area (Å²) >= 11 is 0. The van der Waals surface area contributed by atoms with Crippen molar-refractivity contribution in [1.82, 2.24) is 5.32 Å². The van der Waals surface area contributed by atoms with Crippen molar-refractivity contribution in [3.63, 3.8) is 0 Å². The highest BCUT2D eigenvalue weighted by molar-refractivity contribution is 5.82. The third-order valence-corrected chi connectivity index (χ3v) is 6.19. The molecule has 0 unspecified atom stereocenters. The molecule has 36 heavy (non-hydrogen) atoms. The second kappa shape index (κ2) is 10.4. The van der Waals surface area contributed by atoms with Crippen molar-refractivity contribution in [1.29, 1.82) is 0 Å². The van der Waals surface area contributed by atoms with Crippen LogP contribution in [0.4, 0.5) is 4.79 Å². The van der Waals surface area contributed by atoms with Crippen molar-refractivity contribution in [3.8, 4) is 16.9 Å². The Hall–Kier alpha value is -3.80. The van der Waals surface area contributed by atoms with Gasteiger partial charge in [-0.2, -0.15) is 0 Å². The van der Waals surface area contributed by atoms with Crippen LogP contribution in [0.1, 0.15) is 48.9 Å². The van der Waals surface area contributed by atoms with E-state index in [-0.39, 0.29) is 18.9 Å². The molecule has 188 valence electrons. The number of hydrogen-bond acceptors (Lipinski definition) is 5. The molecule has 0 bridgehead atoms. The Morgan fingerprint density at radius 1 is 0.944 bits per heavy atom. The van der Waals surface area contributed by atoms with Gasteiger partial charge in [-0.1, -0.05) is 66.2 Å². The predicted octanol–water partition coefficient (Wildman–Crippen LogP) is 5.80. The van der Waals surface area contributed by atoms with E-state index in [1.165, 1.54) is 0 Å². The van der Waals surface area contributed by atoms with E-state index >= 15 is 0 Å². The minimum atomic E-state index is -0.935. The lowest BCUT2D eigenvalue weighted by atomic mass is 9.98. The minimum absolute atomic E-state index is 0.0695. The highest BCUT2D eigenvalue weighted by Gasteiger charge is 2.31. The number of hydrogen-bond donors (Lipinski definition) is 1. The number of methoxy groups -OCH3 is 1. The van der Waals surface area contributed by atoms with Gasteiger partial charge in [0.2, 0.25) is 0 Å². The van der Waals surface area contributed by atoms with Gasteiger partial charge in [-0.05, 0) is 61.6 Å². The monoisotopic (exact) mass is 487 g/mol. The number of aryl methyl sites for hydroxylation is 1. The third-order valence-electron chi connectivity index (χ3n) is 6.19. The number of rotatable bonds is 7. The van der Waals surface area contributed by atoms with E-state index in [1.54, 1.807) is 27.9 Å². The maximum absolute atomic E-state index is 13.0. The molecule has 0 aliphatic heterocycles. The Kier molecular flexibility index (Phi) is 7.34. The summed E-state index contributed by atoms with van der Waals surface area (Å²) in [4.78, 5) is 26.0. The molecule has 0 aromatic heterocycles. The van der Waals surface area contributed by atoms with Crippen molar-refractivity contribution in [3.05, 3.63) is 89.0 Å². The summed E-state index contributed by atoms with van der Waals surface area (Å²) in [5.74, 6) is 0.0445. The normalized spacial score (nSPS) is 13.4. The van der Waals surface area contributed by atoms with Crippen LogP contribution < -0.4 is 10.1 Å². The molecule has 6 heteroatoms. The number of benzene rings is 3. The van der Waals surface area contributed by atoms with E-state index in [1.807, 2.05) is 49.4 Å². The van der Waals surface area contributed by atoms with E-state index in [2.05, 4.69) is 29.6 Å². The largest absolute Gasteiger partial charge is 0.496 e. The number of carbonyl (C=O) groups is 2. The number of ether oxygens (including phenoxy) is 3. The maximum atomic E-state index is 13.0. The van der Waals surface area contributed by atoms with Crippen LogP contribution in [0.2, 0.25) is 0 Å². The highest BCUT2D eigenvalue weighted by Crippen LogP contribution is 2.44. The molecular weight excluding hydrogens is 454 g/mol. The Labute approximate surface area is 212 Å². The zero-order valence-electron chi connectivity index (χ0n) is 21.5. The molecule has 1 aliphatic rings. The number of esters is 1.